The lowest BCUT2D eigenvalue weighted by atomic mass is 10.0. The second-order valence-corrected chi connectivity index (χ2v) is 10.1. The van der Waals surface area contributed by atoms with E-state index in [1.54, 1.807) is 17.1 Å². The third-order valence-corrected chi connectivity index (χ3v) is 7.37. The number of alkyl halides is 3. The maximum absolute atomic E-state index is 12.6. The quantitative estimate of drug-likeness (QED) is 0.422. The Bertz CT molecular complexity index is 1170. The van der Waals surface area contributed by atoms with Crippen LogP contribution in [0.3, 0.4) is 0 Å². The number of fused-ring (bicyclic) bond motifs is 1. The fraction of sp³-hybridized carbons (Fsp3) is 0.440. The average Bonchev–Trinajstić information content (AvgIpc) is 3.48. The maximum atomic E-state index is 12.6. The van der Waals surface area contributed by atoms with Gasteiger partial charge in [0, 0.05) is 34.7 Å². The van der Waals surface area contributed by atoms with Crippen LogP contribution >= 0.6 is 23.2 Å². The zero-order chi connectivity index (χ0) is 25.3. The molecule has 2 aromatic carbocycles. The molecule has 1 aromatic heterocycles. The summed E-state index contributed by atoms with van der Waals surface area (Å²) in [6, 6.07) is 11.2. The molecule has 3 aromatic rings. The molecule has 11 heteroatoms. The third-order valence-electron chi connectivity index (χ3n) is 6.81. The van der Waals surface area contributed by atoms with Crippen LogP contribution in [0.2, 0.25) is 10.0 Å². The lowest BCUT2D eigenvalue weighted by Gasteiger charge is -2.39. The zero-order valence-corrected chi connectivity index (χ0v) is 20.9. The number of rotatable bonds is 7. The first-order chi connectivity index (χ1) is 17.3. The molecule has 1 saturated heterocycles. The van der Waals surface area contributed by atoms with Crippen molar-refractivity contribution < 1.29 is 17.9 Å². The maximum Gasteiger partial charge on any atom is 0.390 e. The second kappa shape index (κ2) is 10.6. The minimum absolute atomic E-state index is 0.00788. The van der Waals surface area contributed by atoms with Gasteiger partial charge in [-0.3, -0.25) is 4.90 Å². The van der Waals surface area contributed by atoms with Crippen molar-refractivity contribution in [2.24, 2.45) is 0 Å². The summed E-state index contributed by atoms with van der Waals surface area (Å²) in [5.41, 5.74) is 2.81. The van der Waals surface area contributed by atoms with Gasteiger partial charge in [0.15, 0.2) is 0 Å². The van der Waals surface area contributed by atoms with Crippen LogP contribution in [0, 0.1) is 0 Å². The molecule has 0 spiro atoms. The van der Waals surface area contributed by atoms with Crippen LogP contribution in [0.1, 0.15) is 36.5 Å². The number of benzene rings is 2. The van der Waals surface area contributed by atoms with Gasteiger partial charge in [-0.1, -0.05) is 23.2 Å². The highest BCUT2D eigenvalue weighted by atomic mass is 35.5. The summed E-state index contributed by atoms with van der Waals surface area (Å²) in [5.74, 6) is 0.690. The zero-order valence-electron chi connectivity index (χ0n) is 19.4. The number of likely N-dealkylation sites (tertiary alicyclic amines) is 1. The van der Waals surface area contributed by atoms with Crippen LogP contribution in [0.25, 0.3) is 5.69 Å². The SMILES string of the molecule is FC(F)(F)CCNC1CCCN([C@H]2Cc3c(Cl)cc(Cl)cc3[C@@H]2Oc2ccc(-n3cncn3)cc2)C1. The van der Waals surface area contributed by atoms with Crippen LogP contribution in [0.5, 0.6) is 5.75 Å². The summed E-state index contributed by atoms with van der Waals surface area (Å²) >= 11 is 12.9. The molecule has 36 heavy (non-hydrogen) atoms. The molecule has 1 unspecified atom stereocenters. The highest BCUT2D eigenvalue weighted by Gasteiger charge is 2.41. The summed E-state index contributed by atoms with van der Waals surface area (Å²) in [5, 5.41) is 8.38. The summed E-state index contributed by atoms with van der Waals surface area (Å²) in [6.07, 6.45) is 0.209. The van der Waals surface area contributed by atoms with Gasteiger partial charge in [-0.05, 0) is 67.8 Å². The Labute approximate surface area is 217 Å². The molecule has 1 aliphatic carbocycles. The van der Waals surface area contributed by atoms with Gasteiger partial charge in [0.25, 0.3) is 0 Å². The van der Waals surface area contributed by atoms with Gasteiger partial charge >= 0.3 is 6.18 Å². The standard InChI is InChI=1S/C25H26Cl2F3N5O/c26-16-10-21-20(22(27)11-16)12-23(34-9-1-2-17(13-34)32-8-7-25(28,29)30)24(21)36-19-5-3-18(4-6-19)35-15-31-14-33-35/h3-6,10-11,14-15,17,23-24,32H,1-2,7-9,12-13H2/t17?,23-,24-/m0/s1. The highest BCUT2D eigenvalue weighted by molar-refractivity contribution is 6.35. The molecular weight excluding hydrogens is 514 g/mol. The summed E-state index contributed by atoms with van der Waals surface area (Å²) < 4.78 is 46.1. The third kappa shape index (κ3) is 5.80. The largest absolute Gasteiger partial charge is 0.484 e. The van der Waals surface area contributed by atoms with Crippen LogP contribution < -0.4 is 10.1 Å². The molecule has 1 fully saturated rings. The van der Waals surface area contributed by atoms with Crippen LogP contribution in [0.15, 0.2) is 49.1 Å². The van der Waals surface area contributed by atoms with E-state index in [1.165, 1.54) is 6.33 Å². The Kier molecular flexibility index (Phi) is 7.44. The minimum Gasteiger partial charge on any atom is -0.484 e. The Hall–Kier alpha value is -2.33. The number of nitrogens with zero attached hydrogens (tertiary/aromatic N) is 4. The van der Waals surface area contributed by atoms with Crippen molar-refractivity contribution in [3.8, 4) is 11.4 Å². The van der Waals surface area contributed by atoms with Gasteiger partial charge in [0.05, 0.1) is 18.2 Å². The van der Waals surface area contributed by atoms with E-state index >= 15 is 0 Å². The topological polar surface area (TPSA) is 55.2 Å². The Morgan fingerprint density at radius 3 is 2.67 bits per heavy atom. The van der Waals surface area contributed by atoms with Gasteiger partial charge in [0.1, 0.15) is 24.5 Å². The number of piperidine rings is 1. The predicted molar refractivity (Wildman–Crippen MR) is 132 cm³/mol. The molecule has 1 aliphatic heterocycles. The normalized spacial score (nSPS) is 22.5. The Morgan fingerprint density at radius 1 is 1.14 bits per heavy atom. The monoisotopic (exact) mass is 539 g/mol. The van der Waals surface area contributed by atoms with E-state index in [1.807, 2.05) is 30.3 Å². The van der Waals surface area contributed by atoms with E-state index < -0.39 is 12.6 Å². The van der Waals surface area contributed by atoms with Crippen molar-refractivity contribution in [2.75, 3.05) is 19.6 Å². The minimum atomic E-state index is -4.16. The molecule has 1 N–H and O–H groups in total. The molecule has 3 atom stereocenters. The first-order valence-electron chi connectivity index (χ1n) is 11.9. The fourth-order valence-corrected chi connectivity index (χ4v) is 5.72. The smallest absolute Gasteiger partial charge is 0.390 e. The van der Waals surface area contributed by atoms with Crippen molar-refractivity contribution >= 4 is 23.2 Å². The fourth-order valence-electron chi connectivity index (χ4n) is 5.14. The second-order valence-electron chi connectivity index (χ2n) is 9.25. The van der Waals surface area contributed by atoms with Crippen LogP contribution in [-0.4, -0.2) is 57.6 Å². The first-order valence-corrected chi connectivity index (χ1v) is 12.7. The van der Waals surface area contributed by atoms with Crippen molar-refractivity contribution in [1.82, 2.24) is 25.0 Å². The van der Waals surface area contributed by atoms with Crippen molar-refractivity contribution in [3.05, 3.63) is 70.2 Å². The molecule has 2 aliphatic rings. The number of nitrogens with one attached hydrogen (secondary N) is 1. The molecule has 2 heterocycles. The summed E-state index contributed by atoms with van der Waals surface area (Å²) in [7, 11) is 0. The first kappa shape index (κ1) is 25.3. The summed E-state index contributed by atoms with van der Waals surface area (Å²) in [4.78, 5) is 6.29. The van der Waals surface area contributed by atoms with Crippen molar-refractivity contribution in [3.63, 3.8) is 0 Å². The molecule has 0 amide bonds. The Morgan fingerprint density at radius 2 is 1.94 bits per heavy atom. The number of ether oxygens (including phenoxy) is 1. The van der Waals surface area contributed by atoms with Crippen molar-refractivity contribution in [2.45, 2.75) is 50.0 Å². The van der Waals surface area contributed by atoms with Gasteiger partial charge in [-0.25, -0.2) is 9.67 Å². The van der Waals surface area contributed by atoms with Gasteiger partial charge < -0.3 is 10.1 Å². The molecule has 0 radical (unpaired) electrons. The van der Waals surface area contributed by atoms with Gasteiger partial charge in [-0.15, -0.1) is 0 Å². The van der Waals surface area contributed by atoms with Crippen LogP contribution in [0.4, 0.5) is 13.2 Å². The van der Waals surface area contributed by atoms with E-state index in [4.69, 9.17) is 27.9 Å². The highest BCUT2D eigenvalue weighted by Crippen LogP contribution is 2.43. The van der Waals surface area contributed by atoms with Crippen LogP contribution in [-0.2, 0) is 6.42 Å². The molecule has 192 valence electrons. The average molecular weight is 540 g/mol. The Balaban J connectivity index is 1.35. The molecular formula is C25H26Cl2F3N5O. The number of hydrogen-bond donors (Lipinski definition) is 1. The lowest BCUT2D eigenvalue weighted by molar-refractivity contribution is -0.133. The molecule has 6 nitrogen and oxygen atoms in total. The van der Waals surface area contributed by atoms with E-state index in [0.717, 1.165) is 36.2 Å². The van der Waals surface area contributed by atoms with Crippen molar-refractivity contribution in [1.29, 1.82) is 0 Å². The number of aromatic nitrogens is 3. The molecule has 0 bridgehead atoms. The van der Waals surface area contributed by atoms with E-state index in [0.29, 0.717) is 28.8 Å². The van der Waals surface area contributed by atoms with E-state index in [-0.39, 0.29) is 24.7 Å². The van der Waals surface area contributed by atoms with Gasteiger partial charge in [0.2, 0.25) is 0 Å². The van der Waals surface area contributed by atoms with E-state index in [9.17, 15) is 13.2 Å². The lowest BCUT2D eigenvalue weighted by Crippen LogP contribution is -2.51. The predicted octanol–water partition coefficient (Wildman–Crippen LogP) is 5.63. The molecule has 5 rings (SSSR count). The number of halogens is 5. The summed E-state index contributed by atoms with van der Waals surface area (Å²) in [6.45, 7) is 1.41. The number of hydrogen-bond acceptors (Lipinski definition) is 5. The van der Waals surface area contributed by atoms with E-state index in [2.05, 4.69) is 20.3 Å². The van der Waals surface area contributed by atoms with Gasteiger partial charge in [-0.2, -0.15) is 18.3 Å². The molecule has 0 saturated carbocycles.